The molecule has 1 aromatic heterocycles. The molecule has 100 valence electrons. The van der Waals surface area contributed by atoms with Crippen LogP contribution in [0.4, 0.5) is 5.82 Å². The molecule has 0 atom stereocenters. The molecular weight excluding hydrogens is 361 g/mol. The number of aromatic nitrogens is 2. The lowest BCUT2D eigenvalue weighted by Crippen LogP contribution is -2.01. The molecule has 3 aromatic rings. The van der Waals surface area contributed by atoms with Gasteiger partial charge in [-0.3, -0.25) is 0 Å². The topological polar surface area (TPSA) is 43.8 Å². The van der Waals surface area contributed by atoms with E-state index >= 15 is 0 Å². The fourth-order valence-corrected chi connectivity index (χ4v) is 2.73. The second-order valence-corrected chi connectivity index (χ2v) is 5.86. The fourth-order valence-electron chi connectivity index (χ4n) is 2.19. The number of hydrogen-bond acceptors (Lipinski definition) is 2. The first-order chi connectivity index (χ1) is 9.66. The monoisotopic (exact) mass is 375 g/mol. The van der Waals surface area contributed by atoms with Crippen molar-refractivity contribution in [3.05, 3.63) is 63.7 Å². The first-order valence-electron chi connectivity index (χ1n) is 6.33. The zero-order chi connectivity index (χ0) is 14.1. The van der Waals surface area contributed by atoms with Gasteiger partial charge in [0.05, 0.1) is 11.4 Å². The molecule has 0 aliphatic rings. The highest BCUT2D eigenvalue weighted by molar-refractivity contribution is 14.1. The Morgan fingerprint density at radius 3 is 2.50 bits per heavy atom. The Morgan fingerprint density at radius 2 is 1.80 bits per heavy atom. The number of benzene rings is 2. The third-order valence-corrected chi connectivity index (χ3v) is 3.94. The Balaban J connectivity index is 2.16. The van der Waals surface area contributed by atoms with E-state index in [1.807, 2.05) is 43.3 Å². The Kier molecular flexibility index (Phi) is 3.48. The summed E-state index contributed by atoms with van der Waals surface area (Å²) in [6, 6.07) is 18.2. The maximum absolute atomic E-state index is 6.21. The van der Waals surface area contributed by atoms with Gasteiger partial charge in [0.2, 0.25) is 0 Å². The Labute approximate surface area is 131 Å². The van der Waals surface area contributed by atoms with E-state index in [0.29, 0.717) is 5.82 Å². The quantitative estimate of drug-likeness (QED) is 0.688. The number of hydrogen-bond donors (Lipinski definition) is 1. The lowest BCUT2D eigenvalue weighted by atomic mass is 10.1. The van der Waals surface area contributed by atoms with Crippen molar-refractivity contribution in [2.45, 2.75) is 6.92 Å². The molecule has 3 nitrogen and oxygen atoms in total. The highest BCUT2D eigenvalue weighted by Gasteiger charge is 2.14. The molecule has 3 rings (SSSR count). The van der Waals surface area contributed by atoms with Crippen LogP contribution < -0.4 is 5.73 Å². The average Bonchev–Trinajstić information content (AvgIpc) is 2.76. The van der Waals surface area contributed by atoms with Crippen LogP contribution in [-0.2, 0) is 0 Å². The number of nitrogens with zero attached hydrogens (tertiary/aromatic N) is 2. The minimum absolute atomic E-state index is 0.685. The van der Waals surface area contributed by atoms with Crippen molar-refractivity contribution in [2.24, 2.45) is 0 Å². The van der Waals surface area contributed by atoms with Crippen molar-refractivity contribution in [3.63, 3.8) is 0 Å². The molecule has 0 saturated carbocycles. The highest BCUT2D eigenvalue weighted by Crippen LogP contribution is 2.29. The van der Waals surface area contributed by atoms with Crippen molar-refractivity contribution in [1.82, 2.24) is 9.78 Å². The number of anilines is 1. The minimum Gasteiger partial charge on any atom is -0.383 e. The van der Waals surface area contributed by atoms with Crippen molar-refractivity contribution in [2.75, 3.05) is 5.73 Å². The maximum atomic E-state index is 6.21. The second-order valence-electron chi connectivity index (χ2n) is 4.62. The summed E-state index contributed by atoms with van der Waals surface area (Å²) in [4.78, 5) is 0. The van der Waals surface area contributed by atoms with E-state index in [1.165, 1.54) is 3.57 Å². The number of halogens is 1. The normalized spacial score (nSPS) is 10.7. The summed E-state index contributed by atoms with van der Waals surface area (Å²) in [5.41, 5.74) is 10.2. The summed E-state index contributed by atoms with van der Waals surface area (Å²) >= 11 is 2.31. The second kappa shape index (κ2) is 5.28. The van der Waals surface area contributed by atoms with E-state index in [4.69, 9.17) is 5.73 Å². The van der Waals surface area contributed by atoms with Crippen molar-refractivity contribution in [1.29, 1.82) is 0 Å². The smallest absolute Gasteiger partial charge is 0.130 e. The Morgan fingerprint density at radius 1 is 1.05 bits per heavy atom. The predicted molar refractivity (Wildman–Crippen MR) is 90.9 cm³/mol. The number of nitrogens with two attached hydrogens (primary N) is 1. The minimum atomic E-state index is 0.685. The first kappa shape index (κ1) is 13.2. The number of rotatable bonds is 2. The van der Waals surface area contributed by atoms with Gasteiger partial charge in [-0.1, -0.05) is 30.3 Å². The van der Waals surface area contributed by atoms with E-state index in [1.54, 1.807) is 4.68 Å². The van der Waals surface area contributed by atoms with E-state index in [2.05, 4.69) is 45.9 Å². The van der Waals surface area contributed by atoms with Gasteiger partial charge < -0.3 is 5.73 Å². The molecule has 0 spiro atoms. The van der Waals surface area contributed by atoms with Gasteiger partial charge in [-0.25, -0.2) is 4.68 Å². The molecule has 20 heavy (non-hydrogen) atoms. The third kappa shape index (κ3) is 2.31. The Bertz CT molecular complexity index is 748. The summed E-state index contributed by atoms with van der Waals surface area (Å²) < 4.78 is 2.98. The third-order valence-electron chi connectivity index (χ3n) is 3.27. The fraction of sp³-hybridized carbons (Fsp3) is 0.0625. The number of nitrogen functional groups attached to an aromatic ring is 1. The first-order valence-corrected chi connectivity index (χ1v) is 7.41. The predicted octanol–water partition coefficient (Wildman–Crippen LogP) is 4.03. The van der Waals surface area contributed by atoms with Crippen LogP contribution in [0.15, 0.2) is 54.6 Å². The molecule has 0 aliphatic heterocycles. The van der Waals surface area contributed by atoms with E-state index in [-0.39, 0.29) is 0 Å². The van der Waals surface area contributed by atoms with Gasteiger partial charge in [0.25, 0.3) is 0 Å². The van der Waals surface area contributed by atoms with Crippen LogP contribution in [0.3, 0.4) is 0 Å². The van der Waals surface area contributed by atoms with Crippen molar-refractivity contribution >= 4 is 28.4 Å². The van der Waals surface area contributed by atoms with Crippen LogP contribution in [0.5, 0.6) is 0 Å². The van der Waals surface area contributed by atoms with E-state index in [0.717, 1.165) is 22.5 Å². The summed E-state index contributed by atoms with van der Waals surface area (Å²) in [6.45, 7) is 2.01. The molecular formula is C16H14IN3. The van der Waals surface area contributed by atoms with Crippen LogP contribution in [0.1, 0.15) is 5.56 Å². The summed E-state index contributed by atoms with van der Waals surface area (Å²) in [7, 11) is 0. The summed E-state index contributed by atoms with van der Waals surface area (Å²) in [6.07, 6.45) is 0. The molecule has 2 aromatic carbocycles. The molecule has 1 heterocycles. The maximum Gasteiger partial charge on any atom is 0.130 e. The molecule has 0 fully saturated rings. The van der Waals surface area contributed by atoms with Gasteiger partial charge in [0.15, 0.2) is 0 Å². The van der Waals surface area contributed by atoms with Gasteiger partial charge >= 0.3 is 0 Å². The van der Waals surface area contributed by atoms with Crippen molar-refractivity contribution in [3.8, 4) is 16.9 Å². The van der Waals surface area contributed by atoms with Gasteiger partial charge in [0.1, 0.15) is 5.82 Å². The van der Waals surface area contributed by atoms with Gasteiger partial charge in [-0.15, -0.1) is 0 Å². The zero-order valence-corrected chi connectivity index (χ0v) is 13.2. The Hall–Kier alpha value is -1.82. The van der Waals surface area contributed by atoms with Crippen LogP contribution in [0.25, 0.3) is 16.9 Å². The van der Waals surface area contributed by atoms with Gasteiger partial charge in [-0.05, 0) is 53.8 Å². The molecule has 4 heteroatoms. The van der Waals surface area contributed by atoms with E-state index < -0.39 is 0 Å². The largest absolute Gasteiger partial charge is 0.383 e. The van der Waals surface area contributed by atoms with Crippen LogP contribution in [0, 0.1) is 10.5 Å². The van der Waals surface area contributed by atoms with Crippen LogP contribution in [0.2, 0.25) is 0 Å². The molecule has 0 bridgehead atoms. The van der Waals surface area contributed by atoms with E-state index in [9.17, 15) is 0 Å². The summed E-state index contributed by atoms with van der Waals surface area (Å²) in [5, 5.41) is 4.68. The number of para-hydroxylation sites is 1. The molecule has 0 amide bonds. The van der Waals surface area contributed by atoms with Gasteiger partial charge in [-0.2, -0.15) is 5.10 Å². The van der Waals surface area contributed by atoms with Crippen LogP contribution in [-0.4, -0.2) is 9.78 Å². The summed E-state index contributed by atoms with van der Waals surface area (Å²) in [5.74, 6) is 0.685. The van der Waals surface area contributed by atoms with Gasteiger partial charge in [0, 0.05) is 14.7 Å². The molecule has 0 unspecified atom stereocenters. The molecule has 0 radical (unpaired) electrons. The SMILES string of the molecule is Cc1c(-c2cccc(I)c2)nn(-c2ccccc2)c1N. The standard InChI is InChI=1S/C16H14IN3/c1-11-15(12-6-5-7-13(17)10-12)19-20(16(11)18)14-8-3-2-4-9-14/h2-10H,18H2,1H3. The highest BCUT2D eigenvalue weighted by atomic mass is 127. The van der Waals surface area contributed by atoms with Crippen molar-refractivity contribution < 1.29 is 0 Å². The molecule has 0 aliphatic carbocycles. The lowest BCUT2D eigenvalue weighted by Gasteiger charge is -2.02. The molecule has 0 saturated heterocycles. The average molecular weight is 375 g/mol. The zero-order valence-electron chi connectivity index (χ0n) is 11.0. The molecule has 2 N–H and O–H groups in total. The lowest BCUT2D eigenvalue weighted by molar-refractivity contribution is 0.895. The van der Waals surface area contributed by atoms with Crippen LogP contribution >= 0.6 is 22.6 Å².